The number of nitrogens with zero attached hydrogens (tertiary/aromatic N) is 1. The zero-order valence-corrected chi connectivity index (χ0v) is 10.6. The number of hydrogen-bond acceptors (Lipinski definition) is 3. The Balaban J connectivity index is 1.98. The van der Waals surface area contributed by atoms with E-state index in [1.807, 2.05) is 0 Å². The van der Waals surface area contributed by atoms with E-state index >= 15 is 0 Å². The zero-order valence-electron chi connectivity index (χ0n) is 10.6. The molecule has 108 valence electrons. The first-order chi connectivity index (χ1) is 9.49. The maximum absolute atomic E-state index is 13.4. The average Bonchev–Trinajstić information content (AvgIpc) is 2.87. The van der Waals surface area contributed by atoms with Gasteiger partial charge in [0.15, 0.2) is 0 Å². The number of esters is 1. The summed E-state index contributed by atoms with van der Waals surface area (Å²) in [6, 6.07) is 1.65. The third-order valence-corrected chi connectivity index (χ3v) is 3.22. The van der Waals surface area contributed by atoms with Crippen LogP contribution >= 0.6 is 0 Å². The van der Waals surface area contributed by atoms with Gasteiger partial charge in [0.2, 0.25) is 0 Å². The van der Waals surface area contributed by atoms with Crippen molar-refractivity contribution in [3.8, 4) is 0 Å². The number of hydrogen-bond donors (Lipinski definition) is 1. The molecule has 1 aliphatic rings. The first-order valence-corrected chi connectivity index (χ1v) is 6.17. The molecule has 20 heavy (non-hydrogen) atoms. The van der Waals surface area contributed by atoms with E-state index in [1.54, 1.807) is 0 Å². The highest BCUT2D eigenvalue weighted by Gasteiger charge is 2.28. The molecule has 2 rings (SSSR count). The van der Waals surface area contributed by atoms with Crippen molar-refractivity contribution < 1.29 is 23.1 Å². The van der Waals surface area contributed by atoms with Crippen molar-refractivity contribution in [3.05, 3.63) is 35.4 Å². The van der Waals surface area contributed by atoms with Gasteiger partial charge in [0.25, 0.3) is 0 Å². The van der Waals surface area contributed by atoms with Crippen LogP contribution in [0.15, 0.2) is 18.2 Å². The monoisotopic (exact) mass is 284 g/mol. The second kappa shape index (κ2) is 5.85. The number of likely N-dealkylation sites (tertiary alicyclic amines) is 1. The number of carbonyl (C=O) groups is 2. The second-order valence-electron chi connectivity index (χ2n) is 4.55. The molecule has 0 bridgehead atoms. The van der Waals surface area contributed by atoms with Crippen molar-refractivity contribution in [1.82, 2.24) is 4.90 Å². The van der Waals surface area contributed by atoms with Crippen molar-refractivity contribution in [2.75, 3.05) is 13.2 Å². The van der Waals surface area contributed by atoms with E-state index in [9.17, 15) is 18.4 Å². The van der Waals surface area contributed by atoms with Crippen molar-refractivity contribution in [3.63, 3.8) is 0 Å². The van der Waals surface area contributed by atoms with Gasteiger partial charge in [-0.25, -0.2) is 18.4 Å². The van der Waals surface area contributed by atoms with Crippen LogP contribution in [0.4, 0.5) is 13.6 Å². The highest BCUT2D eigenvalue weighted by molar-refractivity contribution is 5.89. The van der Waals surface area contributed by atoms with Gasteiger partial charge >= 0.3 is 12.0 Å². The number of halogens is 2. The summed E-state index contributed by atoms with van der Waals surface area (Å²) in [7, 11) is 0. The van der Waals surface area contributed by atoms with E-state index in [0.717, 1.165) is 24.6 Å². The molecule has 0 saturated carbocycles. The van der Waals surface area contributed by atoms with Crippen LogP contribution in [-0.4, -0.2) is 36.1 Å². The van der Waals surface area contributed by atoms with Crippen LogP contribution in [0.2, 0.25) is 0 Å². The Kier molecular flexibility index (Phi) is 4.16. The quantitative estimate of drug-likeness (QED) is 0.858. The normalized spacial score (nSPS) is 18.1. The van der Waals surface area contributed by atoms with Gasteiger partial charge in [-0.1, -0.05) is 0 Å². The number of urea groups is 1. The van der Waals surface area contributed by atoms with Gasteiger partial charge in [-0.3, -0.25) is 0 Å². The number of nitrogens with two attached hydrogens (primary N) is 1. The highest BCUT2D eigenvalue weighted by atomic mass is 19.1. The molecule has 2 amide bonds. The molecule has 5 nitrogen and oxygen atoms in total. The first-order valence-electron chi connectivity index (χ1n) is 6.17. The van der Waals surface area contributed by atoms with E-state index in [-0.39, 0.29) is 12.6 Å². The molecule has 1 heterocycles. The molecule has 0 aromatic heterocycles. The van der Waals surface area contributed by atoms with Crippen molar-refractivity contribution >= 4 is 12.0 Å². The lowest BCUT2D eigenvalue weighted by Crippen LogP contribution is -2.42. The molecule has 1 fully saturated rings. The summed E-state index contributed by atoms with van der Waals surface area (Å²) in [6.45, 7) is 0.420. The molecule has 1 aromatic carbocycles. The first kappa shape index (κ1) is 14.2. The fourth-order valence-corrected chi connectivity index (χ4v) is 2.20. The summed E-state index contributed by atoms with van der Waals surface area (Å²) in [5, 5.41) is 0. The second-order valence-corrected chi connectivity index (χ2v) is 4.55. The SMILES string of the molecule is NC(=O)N1CCC[C@@H]1COC(=O)c1cc(F)ccc1F. The number of amides is 2. The maximum Gasteiger partial charge on any atom is 0.341 e. The van der Waals surface area contributed by atoms with Crippen LogP contribution in [0.1, 0.15) is 23.2 Å². The maximum atomic E-state index is 13.4. The van der Waals surface area contributed by atoms with E-state index < -0.39 is 29.2 Å². The molecule has 2 N–H and O–H groups in total. The molecule has 0 radical (unpaired) electrons. The van der Waals surface area contributed by atoms with E-state index in [0.29, 0.717) is 13.0 Å². The molecular weight excluding hydrogens is 270 g/mol. The fraction of sp³-hybridized carbons (Fsp3) is 0.385. The van der Waals surface area contributed by atoms with Gasteiger partial charge < -0.3 is 15.4 Å². The van der Waals surface area contributed by atoms with Crippen LogP contribution in [-0.2, 0) is 4.74 Å². The molecule has 7 heteroatoms. The lowest BCUT2D eigenvalue weighted by Gasteiger charge is -2.22. The topological polar surface area (TPSA) is 72.6 Å². The van der Waals surface area contributed by atoms with Crippen LogP contribution in [0, 0.1) is 11.6 Å². The summed E-state index contributed by atoms with van der Waals surface area (Å²) in [5.74, 6) is -2.54. The van der Waals surface area contributed by atoms with Gasteiger partial charge in [0.05, 0.1) is 11.6 Å². The van der Waals surface area contributed by atoms with Crippen molar-refractivity contribution in [1.29, 1.82) is 0 Å². The van der Waals surface area contributed by atoms with Gasteiger partial charge in [-0.05, 0) is 31.0 Å². The van der Waals surface area contributed by atoms with Gasteiger partial charge in [-0.2, -0.15) is 0 Å². The predicted octanol–water partition coefficient (Wildman–Crippen LogP) is 1.66. The zero-order chi connectivity index (χ0) is 14.7. The van der Waals surface area contributed by atoms with Gasteiger partial charge in [0.1, 0.15) is 18.2 Å². The number of benzene rings is 1. The Bertz CT molecular complexity index is 536. The lowest BCUT2D eigenvalue weighted by molar-refractivity contribution is 0.0416. The molecule has 0 spiro atoms. The molecular formula is C13H14F2N2O3. The van der Waals surface area contributed by atoms with E-state index in [4.69, 9.17) is 10.5 Å². The summed E-state index contributed by atoms with van der Waals surface area (Å²) in [5.41, 5.74) is 4.72. The number of primary amides is 1. The summed E-state index contributed by atoms with van der Waals surface area (Å²) in [4.78, 5) is 24.2. The van der Waals surface area contributed by atoms with Crippen LogP contribution < -0.4 is 5.73 Å². The number of carbonyl (C=O) groups excluding carboxylic acids is 2. The van der Waals surface area contributed by atoms with E-state index in [2.05, 4.69) is 0 Å². The Hall–Kier alpha value is -2.18. The number of ether oxygens (including phenoxy) is 1. The Labute approximate surface area is 114 Å². The molecule has 1 saturated heterocycles. The minimum atomic E-state index is -0.960. The summed E-state index contributed by atoms with van der Waals surface area (Å²) < 4.78 is 31.3. The third kappa shape index (κ3) is 3.04. The smallest absolute Gasteiger partial charge is 0.341 e. The standard InChI is InChI=1S/C13H14F2N2O3/c14-8-3-4-11(15)10(6-8)12(18)20-7-9-2-1-5-17(9)13(16)19/h3-4,6,9H,1-2,5,7H2,(H2,16,19)/t9-/m1/s1. The van der Waals surface area contributed by atoms with Gasteiger partial charge in [-0.15, -0.1) is 0 Å². The molecule has 1 aromatic rings. The Morgan fingerprint density at radius 1 is 1.40 bits per heavy atom. The molecule has 1 atom stereocenters. The lowest BCUT2D eigenvalue weighted by atomic mass is 10.2. The fourth-order valence-electron chi connectivity index (χ4n) is 2.20. The molecule has 0 unspecified atom stereocenters. The minimum Gasteiger partial charge on any atom is -0.460 e. The Morgan fingerprint density at radius 2 is 2.15 bits per heavy atom. The summed E-state index contributed by atoms with van der Waals surface area (Å²) >= 11 is 0. The Morgan fingerprint density at radius 3 is 2.85 bits per heavy atom. The van der Waals surface area contributed by atoms with Crippen LogP contribution in [0.3, 0.4) is 0 Å². The van der Waals surface area contributed by atoms with Crippen molar-refractivity contribution in [2.24, 2.45) is 5.73 Å². The average molecular weight is 284 g/mol. The van der Waals surface area contributed by atoms with Crippen LogP contribution in [0.5, 0.6) is 0 Å². The highest BCUT2D eigenvalue weighted by Crippen LogP contribution is 2.18. The largest absolute Gasteiger partial charge is 0.460 e. The predicted molar refractivity (Wildman–Crippen MR) is 66.0 cm³/mol. The minimum absolute atomic E-state index is 0.0856. The van der Waals surface area contributed by atoms with E-state index in [1.165, 1.54) is 4.90 Å². The molecule has 0 aliphatic carbocycles. The van der Waals surface area contributed by atoms with Crippen LogP contribution in [0.25, 0.3) is 0 Å². The van der Waals surface area contributed by atoms with Crippen molar-refractivity contribution in [2.45, 2.75) is 18.9 Å². The third-order valence-electron chi connectivity index (χ3n) is 3.22. The van der Waals surface area contributed by atoms with Gasteiger partial charge in [0, 0.05) is 6.54 Å². The molecule has 1 aliphatic heterocycles. The summed E-state index contributed by atoms with van der Waals surface area (Å²) in [6.07, 6.45) is 1.42. The number of rotatable bonds is 3.